The van der Waals surface area contributed by atoms with Gasteiger partial charge in [-0.25, -0.2) is 9.69 Å². The van der Waals surface area contributed by atoms with E-state index in [1.165, 1.54) is 6.08 Å². The maximum Gasteiger partial charge on any atom is 0.335 e. The molecule has 164 valence electrons. The summed E-state index contributed by atoms with van der Waals surface area (Å²) in [4.78, 5) is 41.0. The van der Waals surface area contributed by atoms with Crippen LogP contribution >= 0.6 is 11.6 Å². The van der Waals surface area contributed by atoms with Gasteiger partial charge in [-0.2, -0.15) is 0 Å². The van der Waals surface area contributed by atoms with Crippen molar-refractivity contribution in [1.29, 1.82) is 0 Å². The molecule has 1 N–H and O–H groups in total. The molecule has 0 bridgehead atoms. The fourth-order valence-corrected chi connectivity index (χ4v) is 4.41. The molecule has 33 heavy (non-hydrogen) atoms. The summed E-state index contributed by atoms with van der Waals surface area (Å²) in [5.74, 6) is -1.34. The number of imide groups is 2. The molecule has 7 heteroatoms. The summed E-state index contributed by atoms with van der Waals surface area (Å²) in [6.45, 7) is 1.57. The van der Waals surface area contributed by atoms with E-state index in [1.54, 1.807) is 30.3 Å². The highest BCUT2D eigenvalue weighted by Crippen LogP contribution is 2.32. The second-order valence-corrected chi connectivity index (χ2v) is 8.35. The first-order valence-corrected chi connectivity index (χ1v) is 11.0. The highest BCUT2D eigenvalue weighted by Gasteiger charge is 2.36. The number of rotatable bonds is 4. The number of halogens is 1. The quantitative estimate of drug-likeness (QED) is 0.460. The molecule has 6 nitrogen and oxygen atoms in total. The standard InChI is InChI=1S/C26H20ClN3O3/c27-22-9-5-4-6-19(22)16-29-13-12-18-14-17(10-11-23(18)29)15-21-24(31)28-26(33)30(25(21)32)20-7-2-1-3-8-20/h1-11,14-15H,12-13,16H2,(H,28,31,33). The van der Waals surface area contributed by atoms with E-state index in [4.69, 9.17) is 11.6 Å². The van der Waals surface area contributed by atoms with Gasteiger partial charge in [0.25, 0.3) is 11.8 Å². The van der Waals surface area contributed by atoms with Gasteiger partial charge in [0.1, 0.15) is 5.57 Å². The number of urea groups is 1. The first-order chi connectivity index (χ1) is 16.0. The van der Waals surface area contributed by atoms with Crippen LogP contribution < -0.4 is 15.1 Å². The Labute approximate surface area is 196 Å². The van der Waals surface area contributed by atoms with Crippen LogP contribution in [0.4, 0.5) is 16.2 Å². The van der Waals surface area contributed by atoms with Crippen LogP contribution in [-0.2, 0) is 22.6 Å². The molecule has 4 amide bonds. The Morgan fingerprint density at radius 1 is 0.939 bits per heavy atom. The van der Waals surface area contributed by atoms with Crippen molar-refractivity contribution < 1.29 is 14.4 Å². The molecule has 1 fully saturated rings. The first kappa shape index (κ1) is 21.0. The molecule has 0 radical (unpaired) electrons. The number of hydrogen-bond acceptors (Lipinski definition) is 4. The molecular weight excluding hydrogens is 438 g/mol. The lowest BCUT2D eigenvalue weighted by Crippen LogP contribution is -2.54. The predicted molar refractivity (Wildman–Crippen MR) is 128 cm³/mol. The Morgan fingerprint density at radius 3 is 2.48 bits per heavy atom. The Balaban J connectivity index is 1.42. The van der Waals surface area contributed by atoms with Crippen LogP contribution in [0.25, 0.3) is 6.08 Å². The number of nitrogens with zero attached hydrogens (tertiary/aromatic N) is 2. The van der Waals surface area contributed by atoms with Gasteiger partial charge in [0.15, 0.2) is 0 Å². The highest BCUT2D eigenvalue weighted by molar-refractivity contribution is 6.39. The zero-order valence-corrected chi connectivity index (χ0v) is 18.4. The molecule has 2 aliphatic heterocycles. The topological polar surface area (TPSA) is 69.7 Å². The number of hydrogen-bond donors (Lipinski definition) is 1. The summed E-state index contributed by atoms with van der Waals surface area (Å²) in [6, 6.07) is 21.4. The van der Waals surface area contributed by atoms with Crippen LogP contribution in [0.1, 0.15) is 16.7 Å². The van der Waals surface area contributed by atoms with Gasteiger partial charge in [0, 0.05) is 23.8 Å². The average molecular weight is 458 g/mol. The van der Waals surface area contributed by atoms with E-state index in [2.05, 4.69) is 10.2 Å². The molecule has 0 saturated carbocycles. The maximum absolute atomic E-state index is 13.0. The number of fused-ring (bicyclic) bond motifs is 1. The summed E-state index contributed by atoms with van der Waals surface area (Å²) in [7, 11) is 0. The summed E-state index contributed by atoms with van der Waals surface area (Å²) >= 11 is 6.32. The van der Waals surface area contributed by atoms with Crippen LogP contribution in [0.5, 0.6) is 0 Å². The minimum Gasteiger partial charge on any atom is -0.367 e. The molecule has 0 aliphatic carbocycles. The van der Waals surface area contributed by atoms with Crippen molar-refractivity contribution in [1.82, 2.24) is 5.32 Å². The smallest absolute Gasteiger partial charge is 0.335 e. The van der Waals surface area contributed by atoms with Gasteiger partial charge in [-0.15, -0.1) is 0 Å². The molecule has 0 atom stereocenters. The second kappa shape index (κ2) is 8.56. The largest absolute Gasteiger partial charge is 0.367 e. The van der Waals surface area contributed by atoms with Crippen LogP contribution in [0.2, 0.25) is 5.02 Å². The number of carbonyl (C=O) groups excluding carboxylic acids is 3. The van der Waals surface area contributed by atoms with E-state index in [-0.39, 0.29) is 5.57 Å². The number of para-hydroxylation sites is 1. The third-order valence-corrected chi connectivity index (χ3v) is 6.21. The fourth-order valence-electron chi connectivity index (χ4n) is 4.21. The summed E-state index contributed by atoms with van der Waals surface area (Å²) in [5.41, 5.74) is 4.36. The third-order valence-electron chi connectivity index (χ3n) is 5.84. The fraction of sp³-hybridized carbons (Fsp3) is 0.115. The van der Waals surface area contributed by atoms with Crippen LogP contribution in [-0.4, -0.2) is 24.4 Å². The van der Waals surface area contributed by atoms with E-state index in [0.717, 1.165) is 45.3 Å². The molecular formula is C26H20ClN3O3. The van der Waals surface area contributed by atoms with Crippen molar-refractivity contribution in [3.63, 3.8) is 0 Å². The molecule has 2 heterocycles. The lowest BCUT2D eigenvalue weighted by molar-refractivity contribution is -0.122. The van der Waals surface area contributed by atoms with Gasteiger partial charge in [-0.05, 0) is 59.5 Å². The number of amides is 4. The minimum atomic E-state index is -0.752. The van der Waals surface area contributed by atoms with E-state index in [9.17, 15) is 14.4 Å². The molecule has 2 aliphatic rings. The van der Waals surface area contributed by atoms with E-state index in [1.807, 2.05) is 42.5 Å². The Bertz CT molecular complexity index is 1300. The van der Waals surface area contributed by atoms with Crippen molar-refractivity contribution in [2.45, 2.75) is 13.0 Å². The van der Waals surface area contributed by atoms with Crippen molar-refractivity contribution in [3.05, 3.63) is 100 Å². The van der Waals surface area contributed by atoms with Gasteiger partial charge in [0.05, 0.1) is 5.69 Å². The van der Waals surface area contributed by atoms with Crippen molar-refractivity contribution in [2.24, 2.45) is 0 Å². The molecule has 1 saturated heterocycles. The first-order valence-electron chi connectivity index (χ1n) is 10.6. The van der Waals surface area contributed by atoms with Crippen LogP contribution in [0, 0.1) is 0 Å². The zero-order chi connectivity index (χ0) is 22.9. The van der Waals surface area contributed by atoms with E-state index < -0.39 is 17.8 Å². The Morgan fingerprint density at radius 2 is 1.70 bits per heavy atom. The van der Waals surface area contributed by atoms with Crippen LogP contribution in [0.3, 0.4) is 0 Å². The van der Waals surface area contributed by atoms with E-state index in [0.29, 0.717) is 12.2 Å². The van der Waals surface area contributed by atoms with Gasteiger partial charge >= 0.3 is 6.03 Å². The van der Waals surface area contributed by atoms with Gasteiger partial charge in [-0.3, -0.25) is 14.9 Å². The normalized spacial score (nSPS) is 16.9. The number of barbiturate groups is 1. The molecule has 3 aromatic rings. The predicted octanol–water partition coefficient (Wildman–Crippen LogP) is 4.57. The molecule has 0 unspecified atom stereocenters. The number of anilines is 2. The molecule has 3 aromatic carbocycles. The number of carbonyl (C=O) groups is 3. The van der Waals surface area contributed by atoms with Gasteiger partial charge in [-0.1, -0.05) is 54.1 Å². The maximum atomic E-state index is 13.0. The summed E-state index contributed by atoms with van der Waals surface area (Å²) < 4.78 is 0. The zero-order valence-electron chi connectivity index (χ0n) is 17.6. The number of benzene rings is 3. The second-order valence-electron chi connectivity index (χ2n) is 7.94. The van der Waals surface area contributed by atoms with Crippen molar-refractivity contribution in [2.75, 3.05) is 16.3 Å². The minimum absolute atomic E-state index is 0.0793. The lowest BCUT2D eigenvalue weighted by Gasteiger charge is -2.26. The van der Waals surface area contributed by atoms with Gasteiger partial charge in [0.2, 0.25) is 0 Å². The Kier molecular flexibility index (Phi) is 5.44. The third kappa shape index (κ3) is 4.01. The summed E-state index contributed by atoms with van der Waals surface area (Å²) in [6.07, 6.45) is 2.39. The number of nitrogens with one attached hydrogen (secondary N) is 1. The summed E-state index contributed by atoms with van der Waals surface area (Å²) in [5, 5.41) is 3.00. The van der Waals surface area contributed by atoms with Crippen molar-refractivity contribution >= 4 is 46.9 Å². The highest BCUT2D eigenvalue weighted by atomic mass is 35.5. The Hall–Kier alpha value is -3.90. The molecule has 0 aromatic heterocycles. The lowest BCUT2D eigenvalue weighted by atomic mass is 10.0. The van der Waals surface area contributed by atoms with E-state index >= 15 is 0 Å². The average Bonchev–Trinajstić information content (AvgIpc) is 3.21. The monoisotopic (exact) mass is 457 g/mol. The SMILES string of the molecule is O=C1NC(=O)N(c2ccccc2)C(=O)C1=Cc1ccc2c(c1)CCN2Cc1ccccc1Cl. The van der Waals surface area contributed by atoms with Crippen LogP contribution in [0.15, 0.2) is 78.4 Å². The molecule has 5 rings (SSSR count). The van der Waals surface area contributed by atoms with Gasteiger partial charge < -0.3 is 4.90 Å². The molecule has 0 spiro atoms. The van der Waals surface area contributed by atoms with Crippen molar-refractivity contribution in [3.8, 4) is 0 Å².